The monoisotopic (exact) mass is 297 g/mol. The van der Waals surface area contributed by atoms with E-state index in [1.807, 2.05) is 0 Å². The molecule has 21 heavy (non-hydrogen) atoms. The lowest BCUT2D eigenvalue weighted by Gasteiger charge is -2.43. The van der Waals surface area contributed by atoms with Crippen LogP contribution in [0, 0.1) is 5.92 Å². The first-order valence-corrected chi connectivity index (χ1v) is 8.39. The van der Waals surface area contributed by atoms with Gasteiger partial charge >= 0.3 is 0 Å². The van der Waals surface area contributed by atoms with Crippen molar-refractivity contribution in [3.63, 3.8) is 0 Å². The molecule has 1 spiro atoms. The summed E-state index contributed by atoms with van der Waals surface area (Å²) in [5.74, 6) is 0.950. The Morgan fingerprint density at radius 3 is 2.76 bits per heavy atom. The van der Waals surface area contributed by atoms with Crippen molar-refractivity contribution in [3.8, 4) is 0 Å². The number of ether oxygens (including phenoxy) is 1. The van der Waals surface area contributed by atoms with Crippen molar-refractivity contribution in [1.82, 2.24) is 4.90 Å². The highest BCUT2D eigenvalue weighted by Crippen LogP contribution is 2.41. The van der Waals surface area contributed by atoms with Gasteiger partial charge in [0.2, 0.25) is 0 Å². The average molecular weight is 297 g/mol. The molecule has 5 heteroatoms. The van der Waals surface area contributed by atoms with Gasteiger partial charge in [0, 0.05) is 32.2 Å². The fraction of sp³-hybridized carbons (Fsp3) is 0.938. The minimum Gasteiger partial charge on any atom is -0.409 e. The summed E-state index contributed by atoms with van der Waals surface area (Å²) in [5.41, 5.74) is 5.79. The minimum absolute atomic E-state index is 0.148. The van der Waals surface area contributed by atoms with Crippen LogP contribution in [0.2, 0.25) is 0 Å². The summed E-state index contributed by atoms with van der Waals surface area (Å²) < 4.78 is 6.14. The van der Waals surface area contributed by atoms with E-state index in [0.717, 1.165) is 32.5 Å². The molecule has 0 aromatic heterocycles. The van der Waals surface area contributed by atoms with Gasteiger partial charge in [-0.2, -0.15) is 0 Å². The number of rotatable bonds is 6. The Bertz CT molecular complexity index is 351. The third kappa shape index (κ3) is 4.58. The van der Waals surface area contributed by atoms with Gasteiger partial charge in [0.15, 0.2) is 0 Å². The van der Waals surface area contributed by atoms with E-state index in [1.54, 1.807) is 0 Å². The normalized spacial score (nSPS) is 26.1. The van der Waals surface area contributed by atoms with Crippen molar-refractivity contribution in [2.24, 2.45) is 16.8 Å². The molecule has 3 N–H and O–H groups in total. The molecule has 1 aliphatic carbocycles. The first-order chi connectivity index (χ1) is 10.0. The first kappa shape index (κ1) is 16.6. The standard InChI is InChI=1S/C16H31N3O2/c1-13(2)12-19(9-5-15(17)18-20)14-6-10-21-16(11-14)7-3-4-8-16/h13-14,20H,3-12H2,1-2H3,(H2,17,18). The van der Waals surface area contributed by atoms with E-state index in [4.69, 9.17) is 15.7 Å². The number of nitrogens with two attached hydrogens (primary N) is 1. The van der Waals surface area contributed by atoms with Gasteiger partial charge in [0.25, 0.3) is 0 Å². The molecule has 1 saturated heterocycles. The van der Waals surface area contributed by atoms with Crippen LogP contribution in [0.15, 0.2) is 5.16 Å². The predicted molar refractivity (Wildman–Crippen MR) is 84.6 cm³/mol. The minimum atomic E-state index is 0.148. The maximum absolute atomic E-state index is 8.73. The quantitative estimate of drug-likeness (QED) is 0.342. The molecule has 122 valence electrons. The Kier molecular flexibility index (Phi) is 5.88. The zero-order valence-electron chi connectivity index (χ0n) is 13.6. The van der Waals surface area contributed by atoms with Crippen molar-refractivity contribution in [1.29, 1.82) is 0 Å². The van der Waals surface area contributed by atoms with Crippen LogP contribution in [-0.4, -0.2) is 47.3 Å². The zero-order chi connectivity index (χ0) is 15.3. The van der Waals surface area contributed by atoms with Crippen molar-refractivity contribution in [2.45, 2.75) is 70.4 Å². The van der Waals surface area contributed by atoms with Crippen molar-refractivity contribution >= 4 is 5.84 Å². The molecule has 1 heterocycles. The van der Waals surface area contributed by atoms with Crippen molar-refractivity contribution in [3.05, 3.63) is 0 Å². The molecule has 1 aliphatic heterocycles. The Morgan fingerprint density at radius 1 is 1.43 bits per heavy atom. The van der Waals surface area contributed by atoms with Gasteiger partial charge in [-0.05, 0) is 31.6 Å². The highest BCUT2D eigenvalue weighted by molar-refractivity contribution is 5.79. The maximum atomic E-state index is 8.73. The maximum Gasteiger partial charge on any atom is 0.140 e. The van der Waals surface area contributed by atoms with Crippen molar-refractivity contribution < 1.29 is 9.94 Å². The van der Waals surface area contributed by atoms with E-state index < -0.39 is 0 Å². The summed E-state index contributed by atoms with van der Waals surface area (Å²) in [5, 5.41) is 11.8. The summed E-state index contributed by atoms with van der Waals surface area (Å²) in [6.07, 6.45) is 7.94. The molecule has 2 rings (SSSR count). The largest absolute Gasteiger partial charge is 0.409 e. The van der Waals surface area contributed by atoms with Crippen LogP contribution < -0.4 is 5.73 Å². The highest BCUT2D eigenvalue weighted by atomic mass is 16.5. The molecule has 2 fully saturated rings. The van der Waals surface area contributed by atoms with E-state index in [-0.39, 0.29) is 5.60 Å². The molecule has 0 radical (unpaired) electrons. The number of hydrogen-bond donors (Lipinski definition) is 2. The Balaban J connectivity index is 1.97. The van der Waals surface area contributed by atoms with Crippen LogP contribution in [0.5, 0.6) is 0 Å². The lowest BCUT2D eigenvalue weighted by Crippen LogP contribution is -2.49. The number of oxime groups is 1. The molecule has 0 aromatic rings. The van der Waals surface area contributed by atoms with Crippen LogP contribution in [0.3, 0.4) is 0 Å². The second-order valence-electron chi connectivity index (χ2n) is 7.12. The molecule has 1 saturated carbocycles. The Morgan fingerprint density at radius 2 is 2.14 bits per heavy atom. The Hall–Kier alpha value is -0.810. The number of hydrogen-bond acceptors (Lipinski definition) is 4. The molecule has 5 nitrogen and oxygen atoms in total. The van der Waals surface area contributed by atoms with Crippen LogP contribution in [0.4, 0.5) is 0 Å². The number of amidine groups is 1. The van der Waals surface area contributed by atoms with Crippen LogP contribution in [0.1, 0.15) is 58.8 Å². The average Bonchev–Trinajstić information content (AvgIpc) is 2.90. The molecule has 1 unspecified atom stereocenters. The summed E-state index contributed by atoms with van der Waals surface area (Å²) in [4.78, 5) is 2.53. The molecule has 2 aliphatic rings. The second kappa shape index (κ2) is 7.45. The molecule has 0 amide bonds. The first-order valence-electron chi connectivity index (χ1n) is 8.39. The Labute approximate surface area is 128 Å². The third-order valence-electron chi connectivity index (χ3n) is 4.88. The van der Waals surface area contributed by atoms with E-state index >= 15 is 0 Å². The predicted octanol–water partition coefficient (Wildman–Crippen LogP) is 2.57. The van der Waals surface area contributed by atoms with Crippen LogP contribution in [-0.2, 0) is 4.74 Å². The lowest BCUT2D eigenvalue weighted by molar-refractivity contribution is -0.102. The van der Waals surface area contributed by atoms with Gasteiger partial charge in [-0.25, -0.2) is 0 Å². The lowest BCUT2D eigenvalue weighted by atomic mass is 9.87. The van der Waals surface area contributed by atoms with E-state index in [0.29, 0.717) is 24.2 Å². The van der Waals surface area contributed by atoms with Gasteiger partial charge in [-0.3, -0.25) is 4.90 Å². The zero-order valence-corrected chi connectivity index (χ0v) is 13.6. The molecular weight excluding hydrogens is 266 g/mol. The fourth-order valence-corrected chi connectivity index (χ4v) is 3.88. The van der Waals surface area contributed by atoms with Crippen molar-refractivity contribution in [2.75, 3.05) is 19.7 Å². The summed E-state index contributed by atoms with van der Waals surface area (Å²) >= 11 is 0. The summed E-state index contributed by atoms with van der Waals surface area (Å²) in [6, 6.07) is 0.575. The smallest absolute Gasteiger partial charge is 0.140 e. The van der Waals surface area contributed by atoms with E-state index in [1.165, 1.54) is 25.7 Å². The molecule has 0 aromatic carbocycles. The molecular formula is C16H31N3O2. The molecule has 1 atom stereocenters. The molecule has 0 bridgehead atoms. The number of nitrogens with zero attached hydrogens (tertiary/aromatic N) is 2. The fourth-order valence-electron chi connectivity index (χ4n) is 3.88. The van der Waals surface area contributed by atoms with Gasteiger partial charge in [0.05, 0.1) is 5.60 Å². The van der Waals surface area contributed by atoms with Gasteiger partial charge in [-0.1, -0.05) is 31.8 Å². The second-order valence-corrected chi connectivity index (χ2v) is 7.12. The SMILES string of the molecule is CC(C)CN(CCC(N)=NO)C1CCOC2(CCCC2)C1. The third-order valence-corrected chi connectivity index (χ3v) is 4.88. The highest BCUT2D eigenvalue weighted by Gasteiger charge is 2.41. The van der Waals surface area contributed by atoms with Gasteiger partial charge < -0.3 is 15.7 Å². The van der Waals surface area contributed by atoms with Gasteiger partial charge in [-0.15, -0.1) is 0 Å². The van der Waals surface area contributed by atoms with E-state index in [9.17, 15) is 0 Å². The van der Waals surface area contributed by atoms with E-state index in [2.05, 4.69) is 23.9 Å². The van der Waals surface area contributed by atoms with Crippen LogP contribution in [0.25, 0.3) is 0 Å². The summed E-state index contributed by atoms with van der Waals surface area (Å²) in [7, 11) is 0. The summed E-state index contributed by atoms with van der Waals surface area (Å²) in [6.45, 7) is 7.32. The van der Waals surface area contributed by atoms with Gasteiger partial charge in [0.1, 0.15) is 5.84 Å². The van der Waals surface area contributed by atoms with Crippen LogP contribution >= 0.6 is 0 Å². The topological polar surface area (TPSA) is 71.1 Å².